The number of benzene rings is 1. The van der Waals surface area contributed by atoms with Crippen molar-refractivity contribution in [2.24, 2.45) is 17.8 Å². The van der Waals surface area contributed by atoms with E-state index in [0.29, 0.717) is 24.8 Å². The highest BCUT2D eigenvalue weighted by atomic mass is 16.4. The maximum atomic E-state index is 13.0. The van der Waals surface area contributed by atoms with Crippen molar-refractivity contribution in [3.8, 4) is 0 Å². The van der Waals surface area contributed by atoms with Gasteiger partial charge in [-0.2, -0.15) is 0 Å². The van der Waals surface area contributed by atoms with Gasteiger partial charge in [-0.25, -0.2) is 4.79 Å². The monoisotopic (exact) mass is 327 g/mol. The molecular formula is C20H25NO3. The first-order valence-corrected chi connectivity index (χ1v) is 9.25. The Bertz CT molecular complexity index is 650. The minimum atomic E-state index is -0.882. The van der Waals surface area contributed by atoms with Gasteiger partial charge >= 0.3 is 5.97 Å². The van der Waals surface area contributed by atoms with E-state index >= 15 is 0 Å². The molecule has 4 rings (SSSR count). The number of carbonyl (C=O) groups is 2. The van der Waals surface area contributed by atoms with E-state index in [1.54, 1.807) is 4.90 Å². The van der Waals surface area contributed by atoms with Gasteiger partial charge in [-0.05, 0) is 29.4 Å². The van der Waals surface area contributed by atoms with Crippen LogP contribution in [0.2, 0.25) is 0 Å². The topological polar surface area (TPSA) is 57.6 Å². The first-order valence-electron chi connectivity index (χ1n) is 9.25. The number of rotatable bonds is 3. The molecule has 0 bridgehead atoms. The summed E-state index contributed by atoms with van der Waals surface area (Å²) in [4.78, 5) is 26.3. The molecule has 2 aliphatic carbocycles. The Morgan fingerprint density at radius 2 is 1.75 bits per heavy atom. The van der Waals surface area contributed by atoms with E-state index in [2.05, 4.69) is 0 Å². The van der Waals surface area contributed by atoms with Crippen molar-refractivity contribution >= 4 is 11.9 Å². The van der Waals surface area contributed by atoms with E-state index in [1.807, 2.05) is 24.3 Å². The van der Waals surface area contributed by atoms with Crippen molar-refractivity contribution in [2.45, 2.75) is 57.5 Å². The van der Waals surface area contributed by atoms with E-state index in [1.165, 1.54) is 32.1 Å². The average molecular weight is 327 g/mol. The van der Waals surface area contributed by atoms with Gasteiger partial charge in [-0.15, -0.1) is 0 Å². The van der Waals surface area contributed by atoms with E-state index in [4.69, 9.17) is 0 Å². The van der Waals surface area contributed by atoms with Crippen LogP contribution in [-0.2, 0) is 22.6 Å². The van der Waals surface area contributed by atoms with Crippen LogP contribution in [-0.4, -0.2) is 27.9 Å². The number of hydrogen-bond acceptors (Lipinski definition) is 2. The van der Waals surface area contributed by atoms with Crippen LogP contribution >= 0.6 is 0 Å². The van der Waals surface area contributed by atoms with Crippen LogP contribution in [0.5, 0.6) is 0 Å². The number of fused-ring (bicyclic) bond motifs is 1. The van der Waals surface area contributed by atoms with Gasteiger partial charge < -0.3 is 10.0 Å². The zero-order valence-electron chi connectivity index (χ0n) is 14.0. The molecule has 1 heterocycles. The second-order valence-electron chi connectivity index (χ2n) is 7.70. The van der Waals surface area contributed by atoms with E-state index < -0.39 is 12.0 Å². The highest BCUT2D eigenvalue weighted by Crippen LogP contribution is 2.50. The molecule has 3 aliphatic rings. The fraction of sp³-hybridized carbons (Fsp3) is 0.600. The quantitative estimate of drug-likeness (QED) is 0.927. The number of nitrogens with zero attached hydrogens (tertiary/aromatic N) is 1. The standard InChI is InChI=1S/C20H25NO3/c22-19(17-11-16(17)13-6-2-1-3-7-13)21-12-15-9-5-4-8-14(15)10-18(21)20(23)24/h4-5,8-9,13,16-18H,1-3,6-7,10-12H2,(H,23,24). The highest BCUT2D eigenvalue weighted by Gasteiger charge is 2.50. The van der Waals surface area contributed by atoms with Crippen LogP contribution in [0.1, 0.15) is 49.7 Å². The van der Waals surface area contributed by atoms with Crippen LogP contribution in [0.15, 0.2) is 24.3 Å². The molecule has 3 atom stereocenters. The van der Waals surface area contributed by atoms with Crippen LogP contribution in [0, 0.1) is 17.8 Å². The number of carboxylic acids is 1. The van der Waals surface area contributed by atoms with Gasteiger partial charge in [0, 0.05) is 18.9 Å². The molecule has 4 heteroatoms. The smallest absolute Gasteiger partial charge is 0.326 e. The average Bonchev–Trinajstić information content (AvgIpc) is 3.41. The van der Waals surface area contributed by atoms with E-state index in [0.717, 1.165) is 17.5 Å². The summed E-state index contributed by atoms with van der Waals surface area (Å²) in [6.45, 7) is 0.444. The number of carbonyl (C=O) groups excluding carboxylic acids is 1. The summed E-state index contributed by atoms with van der Waals surface area (Å²) < 4.78 is 0. The molecule has 1 aliphatic heterocycles. The minimum Gasteiger partial charge on any atom is -0.480 e. The molecule has 2 saturated carbocycles. The Balaban J connectivity index is 1.50. The van der Waals surface area contributed by atoms with E-state index in [-0.39, 0.29) is 11.8 Å². The maximum absolute atomic E-state index is 13.0. The lowest BCUT2D eigenvalue weighted by atomic mass is 9.85. The molecule has 24 heavy (non-hydrogen) atoms. The Kier molecular flexibility index (Phi) is 4.07. The predicted octanol–water partition coefficient (Wildman–Crippen LogP) is 3.24. The SMILES string of the molecule is O=C(O)C1Cc2ccccc2CN1C(=O)C1CC1C1CCCCC1. The van der Waals surface area contributed by atoms with Gasteiger partial charge in [0.2, 0.25) is 5.91 Å². The van der Waals surface area contributed by atoms with Gasteiger partial charge in [0.15, 0.2) is 0 Å². The summed E-state index contributed by atoms with van der Waals surface area (Å²) in [7, 11) is 0. The molecule has 128 valence electrons. The fourth-order valence-corrected chi connectivity index (χ4v) is 4.77. The molecule has 4 nitrogen and oxygen atoms in total. The molecule has 1 aromatic carbocycles. The summed E-state index contributed by atoms with van der Waals surface area (Å²) in [5.74, 6) is 0.456. The number of hydrogen-bond donors (Lipinski definition) is 1. The number of carboxylic acid groups (broad SMARTS) is 1. The summed E-state index contributed by atoms with van der Waals surface area (Å²) in [6.07, 6.45) is 7.80. The molecule has 3 unspecified atom stereocenters. The molecule has 0 spiro atoms. The Morgan fingerprint density at radius 1 is 1.04 bits per heavy atom. The number of amides is 1. The third-order valence-electron chi connectivity index (χ3n) is 6.23. The van der Waals surface area contributed by atoms with Crippen molar-refractivity contribution < 1.29 is 14.7 Å². The molecule has 1 aromatic rings. The lowest BCUT2D eigenvalue weighted by molar-refractivity contribution is -0.152. The molecule has 2 fully saturated rings. The van der Waals surface area contributed by atoms with Crippen molar-refractivity contribution in [3.63, 3.8) is 0 Å². The highest BCUT2D eigenvalue weighted by molar-refractivity contribution is 5.87. The normalized spacial score (nSPS) is 29.8. The van der Waals surface area contributed by atoms with Crippen molar-refractivity contribution in [3.05, 3.63) is 35.4 Å². The predicted molar refractivity (Wildman–Crippen MR) is 90.3 cm³/mol. The third kappa shape index (κ3) is 2.83. The Morgan fingerprint density at radius 3 is 2.46 bits per heavy atom. The van der Waals surface area contributed by atoms with Gasteiger partial charge in [0.25, 0.3) is 0 Å². The number of aliphatic carboxylic acids is 1. The van der Waals surface area contributed by atoms with Crippen molar-refractivity contribution in [2.75, 3.05) is 0 Å². The summed E-state index contributed by atoms with van der Waals surface area (Å²) >= 11 is 0. The van der Waals surface area contributed by atoms with Crippen molar-refractivity contribution in [1.29, 1.82) is 0 Å². The third-order valence-corrected chi connectivity index (χ3v) is 6.23. The minimum absolute atomic E-state index is 0.0696. The van der Waals surface area contributed by atoms with E-state index in [9.17, 15) is 14.7 Å². The first-order chi connectivity index (χ1) is 11.6. The van der Waals surface area contributed by atoms with Gasteiger partial charge in [-0.1, -0.05) is 56.4 Å². The zero-order valence-corrected chi connectivity index (χ0v) is 14.0. The molecule has 0 aromatic heterocycles. The molecular weight excluding hydrogens is 302 g/mol. The second kappa shape index (κ2) is 6.23. The Labute approximate surface area is 142 Å². The molecule has 1 amide bonds. The Hall–Kier alpha value is -1.84. The maximum Gasteiger partial charge on any atom is 0.326 e. The van der Waals surface area contributed by atoms with Crippen LogP contribution in [0.25, 0.3) is 0 Å². The van der Waals surface area contributed by atoms with Crippen LogP contribution in [0.4, 0.5) is 0 Å². The second-order valence-corrected chi connectivity index (χ2v) is 7.70. The lowest BCUT2D eigenvalue weighted by Gasteiger charge is -2.35. The van der Waals surface area contributed by atoms with Crippen LogP contribution in [0.3, 0.4) is 0 Å². The van der Waals surface area contributed by atoms with Crippen molar-refractivity contribution in [1.82, 2.24) is 4.90 Å². The fourth-order valence-electron chi connectivity index (χ4n) is 4.77. The van der Waals surface area contributed by atoms with Gasteiger partial charge in [-0.3, -0.25) is 4.79 Å². The van der Waals surface area contributed by atoms with Crippen LogP contribution < -0.4 is 0 Å². The summed E-state index contributed by atoms with van der Waals surface area (Å²) in [5, 5.41) is 9.61. The molecule has 0 radical (unpaired) electrons. The summed E-state index contributed by atoms with van der Waals surface area (Å²) in [6, 6.07) is 7.19. The molecule has 1 N–H and O–H groups in total. The molecule has 0 saturated heterocycles. The first kappa shape index (κ1) is 15.7. The van der Waals surface area contributed by atoms with Gasteiger partial charge in [0.1, 0.15) is 6.04 Å². The summed E-state index contributed by atoms with van der Waals surface area (Å²) in [5.41, 5.74) is 2.16. The zero-order chi connectivity index (χ0) is 16.7. The lowest BCUT2D eigenvalue weighted by Crippen LogP contribution is -2.49. The van der Waals surface area contributed by atoms with Gasteiger partial charge in [0.05, 0.1) is 0 Å². The largest absolute Gasteiger partial charge is 0.480 e.